The van der Waals surface area contributed by atoms with Crippen LogP contribution in [-0.4, -0.2) is 12.5 Å². The zero-order valence-corrected chi connectivity index (χ0v) is 9.08. The van der Waals surface area contributed by atoms with Crippen LogP contribution in [-0.2, 0) is 4.79 Å². The minimum atomic E-state index is -0.496. The van der Waals surface area contributed by atoms with E-state index in [0.717, 1.165) is 12.5 Å². The summed E-state index contributed by atoms with van der Waals surface area (Å²) in [6.45, 7) is 6.71. The molecule has 1 rings (SSSR count). The molecule has 0 aromatic heterocycles. The summed E-state index contributed by atoms with van der Waals surface area (Å²) >= 11 is 0. The average molecular weight is 194 g/mol. The van der Waals surface area contributed by atoms with Gasteiger partial charge < -0.3 is 5.32 Å². The quantitative estimate of drug-likeness (QED) is 0.738. The second kappa shape index (κ2) is 4.45. The van der Waals surface area contributed by atoms with Crippen LogP contribution in [0, 0.1) is 35.0 Å². The standard InChI is InChI=1S/C11H18N2O/c1-7(2)10(5-12)11(14)13-6-9-4-8(9)3/h7-10H,4,6H2,1-3H3,(H,13,14). The molecule has 0 bridgehead atoms. The van der Waals surface area contributed by atoms with E-state index in [4.69, 9.17) is 5.26 Å². The molecule has 1 aliphatic carbocycles. The molecular formula is C11H18N2O. The number of carbonyl (C=O) groups is 1. The molecule has 0 radical (unpaired) electrons. The first-order valence-corrected chi connectivity index (χ1v) is 5.23. The van der Waals surface area contributed by atoms with Crippen LogP contribution in [0.15, 0.2) is 0 Å². The van der Waals surface area contributed by atoms with Crippen LogP contribution in [0.5, 0.6) is 0 Å². The van der Waals surface area contributed by atoms with Gasteiger partial charge in [-0.15, -0.1) is 0 Å². The predicted octanol–water partition coefficient (Wildman–Crippen LogP) is 1.55. The second-order valence-electron chi connectivity index (χ2n) is 4.57. The van der Waals surface area contributed by atoms with Gasteiger partial charge in [-0.2, -0.15) is 5.26 Å². The molecule has 1 amide bonds. The second-order valence-corrected chi connectivity index (χ2v) is 4.57. The first-order valence-electron chi connectivity index (χ1n) is 5.23. The van der Waals surface area contributed by atoms with E-state index in [2.05, 4.69) is 12.2 Å². The molecule has 0 spiro atoms. The topological polar surface area (TPSA) is 52.9 Å². The summed E-state index contributed by atoms with van der Waals surface area (Å²) < 4.78 is 0. The number of amides is 1. The number of hydrogen-bond donors (Lipinski definition) is 1. The number of carbonyl (C=O) groups excluding carboxylic acids is 1. The van der Waals surface area contributed by atoms with Crippen molar-refractivity contribution in [3.05, 3.63) is 0 Å². The zero-order chi connectivity index (χ0) is 10.7. The number of nitriles is 1. The van der Waals surface area contributed by atoms with E-state index in [1.54, 1.807) is 0 Å². The summed E-state index contributed by atoms with van der Waals surface area (Å²) in [7, 11) is 0. The summed E-state index contributed by atoms with van der Waals surface area (Å²) in [5.41, 5.74) is 0. The van der Waals surface area contributed by atoms with Gasteiger partial charge in [-0.25, -0.2) is 0 Å². The molecule has 1 aliphatic rings. The third-order valence-electron chi connectivity index (χ3n) is 2.90. The lowest BCUT2D eigenvalue weighted by molar-refractivity contribution is -0.124. The van der Waals surface area contributed by atoms with Gasteiger partial charge in [0.05, 0.1) is 6.07 Å². The highest BCUT2D eigenvalue weighted by atomic mass is 16.1. The first kappa shape index (κ1) is 11.0. The van der Waals surface area contributed by atoms with E-state index in [1.807, 2.05) is 19.9 Å². The van der Waals surface area contributed by atoms with Crippen molar-refractivity contribution in [2.24, 2.45) is 23.7 Å². The molecule has 14 heavy (non-hydrogen) atoms. The van der Waals surface area contributed by atoms with Gasteiger partial charge in [0.2, 0.25) is 5.91 Å². The lowest BCUT2D eigenvalue weighted by Crippen LogP contribution is -2.34. The molecule has 0 aliphatic heterocycles. The van der Waals surface area contributed by atoms with Gasteiger partial charge in [0.1, 0.15) is 5.92 Å². The Bertz CT molecular complexity index is 255. The molecule has 3 unspecified atom stereocenters. The third-order valence-corrected chi connectivity index (χ3v) is 2.90. The Morgan fingerprint density at radius 3 is 2.57 bits per heavy atom. The fourth-order valence-electron chi connectivity index (χ4n) is 1.54. The molecule has 3 nitrogen and oxygen atoms in total. The van der Waals surface area contributed by atoms with Gasteiger partial charge in [-0.05, 0) is 24.2 Å². The van der Waals surface area contributed by atoms with Gasteiger partial charge >= 0.3 is 0 Å². The van der Waals surface area contributed by atoms with Crippen molar-refractivity contribution in [2.45, 2.75) is 27.2 Å². The largest absolute Gasteiger partial charge is 0.355 e. The lowest BCUT2D eigenvalue weighted by Gasteiger charge is -2.12. The fraction of sp³-hybridized carbons (Fsp3) is 0.818. The summed E-state index contributed by atoms with van der Waals surface area (Å²) in [5, 5.41) is 11.6. The Morgan fingerprint density at radius 1 is 1.64 bits per heavy atom. The molecule has 78 valence electrons. The van der Waals surface area contributed by atoms with Gasteiger partial charge in [0.15, 0.2) is 0 Å². The predicted molar refractivity (Wildman–Crippen MR) is 54.2 cm³/mol. The average Bonchev–Trinajstić information content (AvgIpc) is 2.79. The first-order chi connectivity index (χ1) is 6.56. The van der Waals surface area contributed by atoms with E-state index in [9.17, 15) is 4.79 Å². The van der Waals surface area contributed by atoms with Crippen molar-refractivity contribution < 1.29 is 4.79 Å². The molecule has 1 saturated carbocycles. The van der Waals surface area contributed by atoms with Crippen molar-refractivity contribution in [2.75, 3.05) is 6.54 Å². The Balaban J connectivity index is 2.30. The maximum absolute atomic E-state index is 11.5. The van der Waals surface area contributed by atoms with Crippen LogP contribution in [0.4, 0.5) is 0 Å². The highest BCUT2D eigenvalue weighted by Gasteiger charge is 2.33. The molecular weight excluding hydrogens is 176 g/mol. The van der Waals surface area contributed by atoms with E-state index in [-0.39, 0.29) is 11.8 Å². The molecule has 1 fully saturated rings. The van der Waals surface area contributed by atoms with E-state index < -0.39 is 5.92 Å². The summed E-state index contributed by atoms with van der Waals surface area (Å²) in [6, 6.07) is 2.04. The molecule has 0 aromatic rings. The maximum atomic E-state index is 11.5. The molecule has 1 N–H and O–H groups in total. The highest BCUT2D eigenvalue weighted by molar-refractivity contribution is 5.81. The van der Waals surface area contributed by atoms with Crippen LogP contribution in [0.1, 0.15) is 27.2 Å². The molecule has 3 heteroatoms. The Kier molecular flexibility index (Phi) is 3.51. The van der Waals surface area contributed by atoms with E-state index >= 15 is 0 Å². The SMILES string of the molecule is CC(C)C(C#N)C(=O)NCC1CC1C. The van der Waals surface area contributed by atoms with Crippen molar-refractivity contribution in [1.29, 1.82) is 5.26 Å². The van der Waals surface area contributed by atoms with Crippen LogP contribution >= 0.6 is 0 Å². The van der Waals surface area contributed by atoms with Crippen LogP contribution in [0.2, 0.25) is 0 Å². The maximum Gasteiger partial charge on any atom is 0.237 e. The van der Waals surface area contributed by atoms with Crippen LogP contribution in [0.3, 0.4) is 0 Å². The van der Waals surface area contributed by atoms with Gasteiger partial charge in [0, 0.05) is 6.54 Å². The van der Waals surface area contributed by atoms with Gasteiger partial charge in [0.25, 0.3) is 0 Å². The summed E-state index contributed by atoms with van der Waals surface area (Å²) in [6.07, 6.45) is 1.21. The number of nitrogens with zero attached hydrogens (tertiary/aromatic N) is 1. The number of nitrogens with one attached hydrogen (secondary N) is 1. The number of hydrogen-bond acceptors (Lipinski definition) is 2. The van der Waals surface area contributed by atoms with Gasteiger partial charge in [-0.3, -0.25) is 4.79 Å². The zero-order valence-electron chi connectivity index (χ0n) is 9.08. The molecule has 3 atom stereocenters. The van der Waals surface area contributed by atoms with Crippen molar-refractivity contribution in [3.63, 3.8) is 0 Å². The van der Waals surface area contributed by atoms with Crippen molar-refractivity contribution in [3.8, 4) is 6.07 Å². The smallest absolute Gasteiger partial charge is 0.237 e. The minimum Gasteiger partial charge on any atom is -0.355 e. The summed E-state index contributed by atoms with van der Waals surface area (Å²) in [4.78, 5) is 11.5. The minimum absolute atomic E-state index is 0.0941. The lowest BCUT2D eigenvalue weighted by atomic mass is 9.97. The molecule has 0 aromatic carbocycles. The molecule has 0 heterocycles. The van der Waals surface area contributed by atoms with Gasteiger partial charge in [-0.1, -0.05) is 20.8 Å². The summed E-state index contributed by atoms with van der Waals surface area (Å²) in [5.74, 6) is 0.877. The number of rotatable bonds is 4. The Labute approximate surface area is 85.5 Å². The fourth-order valence-corrected chi connectivity index (χ4v) is 1.54. The van der Waals surface area contributed by atoms with Crippen molar-refractivity contribution in [1.82, 2.24) is 5.32 Å². The van der Waals surface area contributed by atoms with Crippen LogP contribution in [0.25, 0.3) is 0 Å². The third kappa shape index (κ3) is 2.73. The normalized spacial score (nSPS) is 26.8. The Morgan fingerprint density at radius 2 is 2.21 bits per heavy atom. The van der Waals surface area contributed by atoms with E-state index in [1.165, 1.54) is 6.42 Å². The van der Waals surface area contributed by atoms with Crippen LogP contribution < -0.4 is 5.32 Å². The van der Waals surface area contributed by atoms with E-state index in [0.29, 0.717) is 5.92 Å². The monoisotopic (exact) mass is 194 g/mol. The highest BCUT2D eigenvalue weighted by Crippen LogP contribution is 2.36. The van der Waals surface area contributed by atoms with Crippen molar-refractivity contribution >= 4 is 5.91 Å². The Hall–Kier alpha value is -1.04. The molecule has 0 saturated heterocycles.